The van der Waals surface area contributed by atoms with E-state index in [4.69, 9.17) is 0 Å². The predicted octanol–water partition coefficient (Wildman–Crippen LogP) is 2.34. The highest BCUT2D eigenvalue weighted by atomic mass is 32.2. The van der Waals surface area contributed by atoms with Gasteiger partial charge in [0.2, 0.25) is 0 Å². The molecule has 12 heavy (non-hydrogen) atoms. The number of rotatable bonds is 3. The lowest BCUT2D eigenvalue weighted by Gasteiger charge is -2.27. The van der Waals surface area contributed by atoms with Crippen molar-refractivity contribution >= 4 is 24.6 Å². The van der Waals surface area contributed by atoms with Crippen molar-refractivity contribution in [3.63, 3.8) is 0 Å². The summed E-state index contributed by atoms with van der Waals surface area (Å²) in [6, 6.07) is 0. The average molecular weight is 231 g/mol. The first-order valence-corrected chi connectivity index (χ1v) is 3.62. The van der Waals surface area contributed by atoms with Crippen LogP contribution in [0.1, 0.15) is 0 Å². The Morgan fingerprint density at radius 2 is 1.33 bits per heavy atom. The molecule has 0 heterocycles. The summed E-state index contributed by atoms with van der Waals surface area (Å²) in [6.45, 7) is 0. The third kappa shape index (κ3) is 1.94. The van der Waals surface area contributed by atoms with Crippen molar-refractivity contribution < 1.29 is 26.3 Å². The summed E-state index contributed by atoms with van der Waals surface area (Å²) in [6.07, 6.45) is 0. The molecule has 0 radical (unpaired) electrons. The molecule has 1 nitrogen and oxygen atoms in total. The van der Waals surface area contributed by atoms with E-state index in [9.17, 15) is 26.3 Å². The lowest BCUT2D eigenvalue weighted by molar-refractivity contribution is -0.236. The molecule has 0 aromatic heterocycles. The summed E-state index contributed by atoms with van der Waals surface area (Å²) in [5, 5.41) is -6.04. The Morgan fingerprint density at radius 1 is 1.00 bits per heavy atom. The first-order chi connectivity index (χ1) is 5.06. The van der Waals surface area contributed by atoms with Gasteiger partial charge in [0.05, 0.1) is 0 Å². The molecule has 0 amide bonds. The highest BCUT2D eigenvalue weighted by molar-refractivity contribution is 7.98. The van der Waals surface area contributed by atoms with Crippen molar-refractivity contribution in [1.82, 2.24) is 0 Å². The van der Waals surface area contributed by atoms with E-state index in [2.05, 4.69) is 17.8 Å². The molecule has 74 valence electrons. The van der Waals surface area contributed by atoms with Gasteiger partial charge in [-0.1, -0.05) is 12.6 Å². The van der Waals surface area contributed by atoms with Crippen LogP contribution in [0, 0.1) is 0 Å². The van der Waals surface area contributed by atoms with Gasteiger partial charge in [-0.25, -0.2) is 0 Å². The molecule has 0 bridgehead atoms. The molecule has 0 atom stereocenters. The van der Waals surface area contributed by atoms with Gasteiger partial charge in [-0.05, 0) is 11.9 Å². The average Bonchev–Trinajstić information content (AvgIpc) is 1.85. The zero-order chi connectivity index (χ0) is 10.2. The molecule has 0 spiro atoms. The quantitative estimate of drug-likeness (QED) is 0.443. The van der Waals surface area contributed by atoms with E-state index in [1.165, 1.54) is 0 Å². The van der Waals surface area contributed by atoms with E-state index in [0.717, 1.165) is 0 Å². The topological polar surface area (TPSA) is 26.0 Å². The maximum atomic E-state index is 12.0. The summed E-state index contributed by atoms with van der Waals surface area (Å²) in [5.74, 6) is -5.58. The zero-order valence-electron chi connectivity index (χ0n) is 5.20. The minimum atomic E-state index is -5.58. The highest BCUT2D eigenvalue weighted by Gasteiger charge is 2.70. The largest absolute Gasteiger partial charge is 0.392 e. The van der Waals surface area contributed by atoms with Gasteiger partial charge in [-0.15, -0.1) is 0 Å². The van der Waals surface area contributed by atoms with Crippen LogP contribution in [0.3, 0.4) is 0 Å². The SMILES string of the molecule is NSC(F)(F)C(F)(F)C(F)(F)S. The number of halogens is 6. The second-order valence-electron chi connectivity index (χ2n) is 1.75. The summed E-state index contributed by atoms with van der Waals surface area (Å²) in [4.78, 5) is 0. The van der Waals surface area contributed by atoms with Crippen molar-refractivity contribution in [3.8, 4) is 0 Å². The molecule has 2 N–H and O–H groups in total. The van der Waals surface area contributed by atoms with Crippen LogP contribution in [0.2, 0.25) is 0 Å². The van der Waals surface area contributed by atoms with E-state index >= 15 is 0 Å². The van der Waals surface area contributed by atoms with Crippen LogP contribution in [0.5, 0.6) is 0 Å². The summed E-state index contributed by atoms with van der Waals surface area (Å²) in [5.41, 5.74) is 0. The Hall–Kier alpha value is 0.240. The number of hydrogen-bond acceptors (Lipinski definition) is 3. The first kappa shape index (κ1) is 12.2. The highest BCUT2D eigenvalue weighted by Crippen LogP contribution is 2.50. The Kier molecular flexibility index (Phi) is 3.25. The molecule has 0 unspecified atom stereocenters. The van der Waals surface area contributed by atoms with Gasteiger partial charge in [0.25, 0.3) is 0 Å². The van der Waals surface area contributed by atoms with E-state index < -0.39 is 28.4 Å². The lowest BCUT2D eigenvalue weighted by atomic mass is 10.3. The van der Waals surface area contributed by atoms with Gasteiger partial charge >= 0.3 is 16.4 Å². The zero-order valence-corrected chi connectivity index (χ0v) is 6.91. The molecule has 0 aliphatic carbocycles. The third-order valence-electron chi connectivity index (χ3n) is 0.891. The summed E-state index contributed by atoms with van der Waals surface area (Å²) >= 11 is 0.899. The van der Waals surface area contributed by atoms with Gasteiger partial charge in [-0.2, -0.15) is 26.3 Å². The maximum absolute atomic E-state index is 12.0. The van der Waals surface area contributed by atoms with E-state index in [1.807, 2.05) is 0 Å². The number of nitrogens with two attached hydrogens (primary N) is 1. The molecule has 0 saturated carbocycles. The molecule has 0 fully saturated rings. The van der Waals surface area contributed by atoms with Crippen LogP contribution in [0.15, 0.2) is 0 Å². The van der Waals surface area contributed by atoms with Gasteiger partial charge in [0.1, 0.15) is 0 Å². The van der Waals surface area contributed by atoms with Crippen molar-refractivity contribution in [2.24, 2.45) is 5.14 Å². The Morgan fingerprint density at radius 3 is 1.42 bits per heavy atom. The Bertz CT molecular complexity index is 165. The second-order valence-corrected chi connectivity index (χ2v) is 3.06. The summed E-state index contributed by atoms with van der Waals surface area (Å²) in [7, 11) is 0. The number of hydrogen-bond donors (Lipinski definition) is 2. The molecule has 0 aromatic rings. The number of alkyl halides is 6. The molecular formula is C3H3F6NS2. The standard InChI is InChI=1S/C3H3F6NS2/c4-1(5,2(6,7)11)3(8,9)12-10/h11H,10H2. The Labute approximate surface area is 73.2 Å². The van der Waals surface area contributed by atoms with Crippen LogP contribution in [-0.4, -0.2) is 16.4 Å². The number of thiol groups is 1. The van der Waals surface area contributed by atoms with E-state index in [0.29, 0.717) is 0 Å². The molecule has 9 heteroatoms. The second kappa shape index (κ2) is 3.18. The van der Waals surface area contributed by atoms with Crippen molar-refractivity contribution in [1.29, 1.82) is 0 Å². The van der Waals surface area contributed by atoms with Crippen LogP contribution in [0.25, 0.3) is 0 Å². The summed E-state index contributed by atoms with van der Waals surface area (Å²) < 4.78 is 71.5. The van der Waals surface area contributed by atoms with E-state index in [1.54, 1.807) is 0 Å². The van der Waals surface area contributed by atoms with Gasteiger partial charge < -0.3 is 0 Å². The molecule has 0 aliphatic heterocycles. The normalized spacial score (nSPS) is 15.0. The van der Waals surface area contributed by atoms with E-state index in [-0.39, 0.29) is 0 Å². The lowest BCUT2D eigenvalue weighted by Crippen LogP contribution is -2.50. The Balaban J connectivity index is 4.85. The van der Waals surface area contributed by atoms with Gasteiger partial charge in [-0.3, -0.25) is 5.14 Å². The molecular weight excluding hydrogens is 228 g/mol. The third-order valence-corrected chi connectivity index (χ3v) is 1.72. The van der Waals surface area contributed by atoms with Gasteiger partial charge in [0, 0.05) is 0 Å². The molecule has 0 rings (SSSR count). The minimum Gasteiger partial charge on any atom is -0.273 e. The maximum Gasteiger partial charge on any atom is 0.392 e. The van der Waals surface area contributed by atoms with Crippen LogP contribution < -0.4 is 5.14 Å². The molecule has 0 aromatic carbocycles. The predicted molar refractivity (Wildman–Crippen MR) is 35.6 cm³/mol. The smallest absolute Gasteiger partial charge is 0.273 e. The van der Waals surface area contributed by atoms with Crippen molar-refractivity contribution in [3.05, 3.63) is 0 Å². The molecule has 0 saturated heterocycles. The van der Waals surface area contributed by atoms with Crippen LogP contribution >= 0.6 is 24.6 Å². The monoisotopic (exact) mass is 231 g/mol. The van der Waals surface area contributed by atoms with Crippen LogP contribution in [0.4, 0.5) is 26.3 Å². The van der Waals surface area contributed by atoms with Gasteiger partial charge in [0.15, 0.2) is 0 Å². The first-order valence-electron chi connectivity index (χ1n) is 2.30. The van der Waals surface area contributed by atoms with Crippen molar-refractivity contribution in [2.45, 2.75) is 16.4 Å². The minimum absolute atomic E-state index is 1.15. The van der Waals surface area contributed by atoms with Crippen molar-refractivity contribution in [2.75, 3.05) is 0 Å². The fourth-order valence-corrected chi connectivity index (χ4v) is 0.741. The van der Waals surface area contributed by atoms with Crippen LogP contribution in [-0.2, 0) is 0 Å². The molecule has 0 aliphatic rings. The fraction of sp³-hybridized carbons (Fsp3) is 1.00. The fourth-order valence-electron chi connectivity index (χ4n) is 0.249.